The zero-order chi connectivity index (χ0) is 14.1. The zero-order valence-electron chi connectivity index (χ0n) is 11.7. The zero-order valence-corrected chi connectivity index (χ0v) is 11.7. The van der Waals surface area contributed by atoms with E-state index >= 15 is 0 Å². The molecule has 20 heavy (non-hydrogen) atoms. The average molecular weight is 260 g/mol. The van der Waals surface area contributed by atoms with Gasteiger partial charge in [-0.3, -0.25) is 4.79 Å². The van der Waals surface area contributed by atoms with Crippen molar-refractivity contribution in [3.05, 3.63) is 71.3 Å². The molecule has 0 fully saturated rings. The first-order valence-corrected chi connectivity index (χ1v) is 6.76. The molecular weight excluding hydrogens is 244 g/mol. The topological polar surface area (TPSA) is 17.1 Å². The highest BCUT2D eigenvalue weighted by Crippen LogP contribution is 2.33. The molecule has 0 amide bonds. The molecule has 1 nitrogen and oxygen atoms in total. The van der Waals surface area contributed by atoms with E-state index in [9.17, 15) is 4.79 Å². The van der Waals surface area contributed by atoms with Crippen molar-refractivity contribution in [1.29, 1.82) is 0 Å². The van der Waals surface area contributed by atoms with Gasteiger partial charge in [0, 0.05) is 5.56 Å². The fourth-order valence-corrected chi connectivity index (χ4v) is 2.83. The Kier molecular flexibility index (Phi) is 3.11. The highest BCUT2D eigenvalue weighted by molar-refractivity contribution is 5.97. The Hall–Kier alpha value is -2.41. The normalized spacial score (nSPS) is 10.7. The predicted molar refractivity (Wildman–Crippen MR) is 84.2 cm³/mol. The Morgan fingerprint density at radius 3 is 2.20 bits per heavy atom. The van der Waals surface area contributed by atoms with E-state index in [1.54, 1.807) is 0 Å². The first-order valence-electron chi connectivity index (χ1n) is 6.76. The minimum Gasteiger partial charge on any atom is -0.298 e. The van der Waals surface area contributed by atoms with Crippen molar-refractivity contribution in [3.8, 4) is 11.1 Å². The van der Waals surface area contributed by atoms with Gasteiger partial charge in [0.2, 0.25) is 0 Å². The van der Waals surface area contributed by atoms with E-state index in [0.29, 0.717) is 0 Å². The van der Waals surface area contributed by atoms with Crippen LogP contribution in [-0.4, -0.2) is 6.29 Å². The third-order valence-corrected chi connectivity index (χ3v) is 3.90. The van der Waals surface area contributed by atoms with E-state index in [4.69, 9.17) is 0 Å². The number of carbonyl (C=O) groups excluding carboxylic acids is 1. The van der Waals surface area contributed by atoms with Crippen LogP contribution in [0.5, 0.6) is 0 Å². The van der Waals surface area contributed by atoms with Crippen LogP contribution in [0.2, 0.25) is 0 Å². The van der Waals surface area contributed by atoms with Gasteiger partial charge in [-0.2, -0.15) is 0 Å². The van der Waals surface area contributed by atoms with Crippen LogP contribution >= 0.6 is 0 Å². The first kappa shape index (κ1) is 12.6. The summed E-state index contributed by atoms with van der Waals surface area (Å²) in [4.78, 5) is 11.3. The third kappa shape index (κ3) is 1.92. The molecule has 0 bridgehead atoms. The molecule has 0 saturated carbocycles. The van der Waals surface area contributed by atoms with Crippen LogP contribution in [-0.2, 0) is 0 Å². The van der Waals surface area contributed by atoms with Crippen molar-refractivity contribution in [3.63, 3.8) is 0 Å². The van der Waals surface area contributed by atoms with Crippen molar-refractivity contribution >= 4 is 17.1 Å². The molecule has 0 aliphatic carbocycles. The maximum Gasteiger partial charge on any atom is 0.150 e. The van der Waals surface area contributed by atoms with Crippen molar-refractivity contribution in [1.82, 2.24) is 0 Å². The van der Waals surface area contributed by atoms with Crippen molar-refractivity contribution in [2.75, 3.05) is 0 Å². The van der Waals surface area contributed by atoms with E-state index in [2.05, 4.69) is 44.2 Å². The Morgan fingerprint density at radius 2 is 1.45 bits per heavy atom. The number of hydrogen-bond donors (Lipinski definition) is 0. The number of carbonyl (C=O) groups is 1. The molecular formula is C19H16O. The van der Waals surface area contributed by atoms with Crippen LogP contribution in [0.15, 0.2) is 54.6 Å². The van der Waals surface area contributed by atoms with Gasteiger partial charge >= 0.3 is 0 Å². The summed E-state index contributed by atoms with van der Waals surface area (Å²) in [5, 5.41) is 2.53. The molecule has 0 heterocycles. The van der Waals surface area contributed by atoms with Crippen LogP contribution < -0.4 is 0 Å². The summed E-state index contributed by atoms with van der Waals surface area (Å²) in [6.07, 6.45) is 0.930. The summed E-state index contributed by atoms with van der Waals surface area (Å²) in [5.74, 6) is 0. The number of fused-ring (bicyclic) bond motifs is 1. The van der Waals surface area contributed by atoms with Gasteiger partial charge in [-0.25, -0.2) is 0 Å². The van der Waals surface area contributed by atoms with Gasteiger partial charge in [0.05, 0.1) is 0 Å². The molecule has 0 atom stereocenters. The van der Waals surface area contributed by atoms with Gasteiger partial charge < -0.3 is 0 Å². The highest BCUT2D eigenvalue weighted by atomic mass is 16.1. The molecule has 0 saturated heterocycles. The van der Waals surface area contributed by atoms with Crippen LogP contribution in [0.3, 0.4) is 0 Å². The fraction of sp³-hybridized carbons (Fsp3) is 0.105. The number of hydrogen-bond acceptors (Lipinski definition) is 1. The Bertz CT molecular complexity index is 800. The minimum atomic E-state index is 0.741. The van der Waals surface area contributed by atoms with Crippen molar-refractivity contribution in [2.45, 2.75) is 13.8 Å². The van der Waals surface area contributed by atoms with Crippen LogP contribution in [0.25, 0.3) is 21.9 Å². The molecule has 0 unspecified atom stereocenters. The molecule has 0 spiro atoms. The Balaban J connectivity index is 2.38. The molecule has 3 aromatic carbocycles. The largest absolute Gasteiger partial charge is 0.298 e. The number of aryl methyl sites for hydroxylation is 2. The second-order valence-corrected chi connectivity index (χ2v) is 5.12. The first-order chi connectivity index (χ1) is 9.72. The second-order valence-electron chi connectivity index (χ2n) is 5.12. The molecule has 1 heteroatoms. The lowest BCUT2D eigenvalue weighted by molar-refractivity contribution is 0.112. The summed E-state index contributed by atoms with van der Waals surface area (Å²) in [6.45, 7) is 4.24. The van der Waals surface area contributed by atoms with Crippen LogP contribution in [0.4, 0.5) is 0 Å². The Labute approximate surface area is 118 Å². The van der Waals surface area contributed by atoms with Crippen molar-refractivity contribution in [2.24, 2.45) is 0 Å². The molecule has 0 radical (unpaired) electrons. The molecule has 0 aliphatic rings. The van der Waals surface area contributed by atoms with Gasteiger partial charge in [-0.15, -0.1) is 0 Å². The summed E-state index contributed by atoms with van der Waals surface area (Å²) < 4.78 is 0. The SMILES string of the molecule is Cc1cc(-c2ccccc2C=O)c(C)c2ccccc12. The summed E-state index contributed by atoms with van der Waals surface area (Å²) in [7, 11) is 0. The van der Waals surface area contributed by atoms with E-state index in [0.717, 1.165) is 23.0 Å². The maximum atomic E-state index is 11.3. The fourth-order valence-electron chi connectivity index (χ4n) is 2.83. The molecule has 3 rings (SSSR count). The molecule has 3 aromatic rings. The molecule has 0 aliphatic heterocycles. The lowest BCUT2D eigenvalue weighted by Gasteiger charge is -2.14. The summed E-state index contributed by atoms with van der Waals surface area (Å²) in [6, 6.07) is 18.4. The molecule has 98 valence electrons. The molecule has 0 N–H and O–H groups in total. The van der Waals surface area contributed by atoms with Gasteiger partial charge in [0.25, 0.3) is 0 Å². The van der Waals surface area contributed by atoms with Gasteiger partial charge in [-0.05, 0) is 46.9 Å². The van der Waals surface area contributed by atoms with Crippen molar-refractivity contribution < 1.29 is 4.79 Å². The highest BCUT2D eigenvalue weighted by Gasteiger charge is 2.10. The van der Waals surface area contributed by atoms with E-state index in [1.807, 2.05) is 24.3 Å². The van der Waals surface area contributed by atoms with Gasteiger partial charge in [-0.1, -0.05) is 54.6 Å². The summed E-state index contributed by atoms with van der Waals surface area (Å²) >= 11 is 0. The predicted octanol–water partition coefficient (Wildman–Crippen LogP) is 4.94. The van der Waals surface area contributed by atoms with Crippen LogP contribution in [0, 0.1) is 13.8 Å². The van der Waals surface area contributed by atoms with E-state index in [1.165, 1.54) is 21.9 Å². The minimum absolute atomic E-state index is 0.741. The monoisotopic (exact) mass is 260 g/mol. The smallest absolute Gasteiger partial charge is 0.150 e. The number of benzene rings is 3. The Morgan fingerprint density at radius 1 is 0.800 bits per heavy atom. The maximum absolute atomic E-state index is 11.3. The lowest BCUT2D eigenvalue weighted by Crippen LogP contribution is -1.92. The van der Waals surface area contributed by atoms with Gasteiger partial charge in [0.1, 0.15) is 0 Å². The lowest BCUT2D eigenvalue weighted by atomic mass is 9.90. The van der Waals surface area contributed by atoms with E-state index in [-0.39, 0.29) is 0 Å². The number of rotatable bonds is 2. The third-order valence-electron chi connectivity index (χ3n) is 3.90. The quantitative estimate of drug-likeness (QED) is 0.597. The second kappa shape index (κ2) is 4.93. The summed E-state index contributed by atoms with van der Waals surface area (Å²) in [5.41, 5.74) is 5.35. The average Bonchev–Trinajstić information content (AvgIpc) is 2.51. The van der Waals surface area contributed by atoms with Crippen LogP contribution in [0.1, 0.15) is 21.5 Å². The number of aldehydes is 1. The standard InChI is InChI=1S/C19H16O/c1-13-11-19(18-10-4-3-7-15(18)12-20)14(2)17-9-6-5-8-16(13)17/h3-12H,1-2H3. The molecule has 0 aromatic heterocycles. The van der Waals surface area contributed by atoms with Gasteiger partial charge in [0.15, 0.2) is 6.29 Å². The van der Waals surface area contributed by atoms with E-state index < -0.39 is 0 Å².